The average molecular weight is 275 g/mol. The van der Waals surface area contributed by atoms with Crippen molar-refractivity contribution in [1.82, 2.24) is 4.57 Å². The molecule has 1 heterocycles. The van der Waals surface area contributed by atoms with Crippen LogP contribution < -0.4 is 10.3 Å². The van der Waals surface area contributed by atoms with Crippen LogP contribution in [0.5, 0.6) is 5.75 Å². The fraction of sp³-hybridized carbons (Fsp3) is 0.200. The van der Waals surface area contributed by atoms with E-state index in [0.717, 1.165) is 0 Å². The van der Waals surface area contributed by atoms with E-state index < -0.39 is 5.97 Å². The van der Waals surface area contributed by atoms with Crippen molar-refractivity contribution in [1.29, 1.82) is 0 Å². The van der Waals surface area contributed by atoms with Crippen molar-refractivity contribution in [2.75, 3.05) is 0 Å². The van der Waals surface area contributed by atoms with Gasteiger partial charge in [-0.2, -0.15) is 0 Å². The smallest absolute Gasteiger partial charge is 0.308 e. The number of hydrogen-bond acceptors (Lipinski definition) is 3. The number of ether oxygens (including phenoxy) is 1. The number of carbonyl (C=O) groups excluding carboxylic acids is 1. The second-order valence-electron chi connectivity index (χ2n) is 4.55. The van der Waals surface area contributed by atoms with Gasteiger partial charge in [-0.1, -0.05) is 0 Å². The Morgan fingerprint density at radius 3 is 2.35 bits per heavy atom. The van der Waals surface area contributed by atoms with Crippen LogP contribution in [0.1, 0.15) is 18.1 Å². The minimum absolute atomic E-state index is 0.264. The van der Waals surface area contributed by atoms with Gasteiger partial charge in [0.05, 0.1) is 11.9 Å². The average Bonchev–Trinajstić information content (AvgIpc) is 2.31. The normalized spacial score (nSPS) is 10.4. The predicted octanol–water partition coefficient (Wildman–Crippen LogP) is 2.52. The zero-order valence-electron chi connectivity index (χ0n) is 11.4. The molecule has 0 spiro atoms. The fourth-order valence-electron chi connectivity index (χ4n) is 2.15. The lowest BCUT2D eigenvalue weighted by Gasteiger charge is -2.13. The first kappa shape index (κ1) is 14.0. The van der Waals surface area contributed by atoms with Gasteiger partial charge in [0.1, 0.15) is 11.6 Å². The van der Waals surface area contributed by atoms with E-state index in [1.807, 2.05) is 0 Å². The molecule has 1 aromatic heterocycles. The minimum Gasteiger partial charge on any atom is -0.425 e. The van der Waals surface area contributed by atoms with E-state index in [-0.39, 0.29) is 17.1 Å². The van der Waals surface area contributed by atoms with E-state index in [4.69, 9.17) is 4.74 Å². The summed E-state index contributed by atoms with van der Waals surface area (Å²) in [6, 6.07) is 5.44. The summed E-state index contributed by atoms with van der Waals surface area (Å²) in [7, 11) is 0. The van der Waals surface area contributed by atoms with Gasteiger partial charge in [-0.05, 0) is 43.2 Å². The Balaban J connectivity index is 2.63. The van der Waals surface area contributed by atoms with Gasteiger partial charge in [0.15, 0.2) is 0 Å². The number of carbonyl (C=O) groups is 1. The molecule has 0 saturated carbocycles. The van der Waals surface area contributed by atoms with Crippen molar-refractivity contribution in [3.05, 3.63) is 57.8 Å². The molecule has 2 rings (SSSR count). The largest absolute Gasteiger partial charge is 0.425 e. The third-order valence-corrected chi connectivity index (χ3v) is 2.84. The lowest BCUT2D eigenvalue weighted by molar-refractivity contribution is -0.131. The van der Waals surface area contributed by atoms with Crippen LogP contribution >= 0.6 is 0 Å². The summed E-state index contributed by atoms with van der Waals surface area (Å²) < 4.78 is 19.6. The SMILES string of the molecule is CC(=O)Oc1ccc(=O)n(-c2c(C)cc(F)cc2C)c1. The highest BCUT2D eigenvalue weighted by Crippen LogP contribution is 2.21. The van der Waals surface area contributed by atoms with E-state index in [0.29, 0.717) is 16.8 Å². The Hall–Kier alpha value is -2.43. The van der Waals surface area contributed by atoms with Crippen LogP contribution in [0.15, 0.2) is 35.3 Å². The molecule has 0 unspecified atom stereocenters. The molecule has 0 amide bonds. The van der Waals surface area contributed by atoms with Crippen LogP contribution in [0.25, 0.3) is 5.69 Å². The summed E-state index contributed by atoms with van der Waals surface area (Å²) in [6.07, 6.45) is 1.43. The number of rotatable bonds is 2. The second-order valence-corrected chi connectivity index (χ2v) is 4.55. The molecule has 0 aliphatic carbocycles. The number of aromatic nitrogens is 1. The molecular formula is C15H14FNO3. The van der Waals surface area contributed by atoms with Crippen molar-refractivity contribution >= 4 is 5.97 Å². The number of hydrogen-bond donors (Lipinski definition) is 0. The molecule has 0 N–H and O–H groups in total. The Bertz CT molecular complexity index is 711. The highest BCUT2D eigenvalue weighted by Gasteiger charge is 2.10. The summed E-state index contributed by atoms with van der Waals surface area (Å²) in [4.78, 5) is 22.9. The van der Waals surface area contributed by atoms with Gasteiger partial charge in [-0.15, -0.1) is 0 Å². The molecule has 0 atom stereocenters. The molecule has 0 aliphatic heterocycles. The molecule has 0 saturated heterocycles. The van der Waals surface area contributed by atoms with Gasteiger partial charge in [0, 0.05) is 13.0 Å². The van der Waals surface area contributed by atoms with E-state index in [9.17, 15) is 14.0 Å². The topological polar surface area (TPSA) is 48.3 Å². The summed E-state index contributed by atoms with van der Waals surface area (Å²) in [5, 5.41) is 0. The molecule has 5 heteroatoms. The first-order valence-electron chi connectivity index (χ1n) is 6.06. The maximum absolute atomic E-state index is 13.3. The number of nitrogens with zero attached hydrogens (tertiary/aromatic N) is 1. The molecule has 0 radical (unpaired) electrons. The second kappa shape index (κ2) is 5.28. The van der Waals surface area contributed by atoms with E-state index in [1.54, 1.807) is 13.8 Å². The van der Waals surface area contributed by atoms with Gasteiger partial charge in [0.25, 0.3) is 5.56 Å². The molecule has 104 valence electrons. The molecule has 0 fully saturated rings. The standard InChI is InChI=1S/C15H14FNO3/c1-9-6-12(16)7-10(2)15(9)17-8-13(20-11(3)18)4-5-14(17)19/h4-8H,1-3H3. The maximum Gasteiger partial charge on any atom is 0.308 e. The van der Waals surface area contributed by atoms with Crippen LogP contribution in [-0.2, 0) is 4.79 Å². The molecule has 0 aliphatic rings. The minimum atomic E-state index is -0.470. The number of aryl methyl sites for hydroxylation is 2. The van der Waals surface area contributed by atoms with Crippen LogP contribution in [0.4, 0.5) is 4.39 Å². The van der Waals surface area contributed by atoms with Crippen molar-refractivity contribution in [2.24, 2.45) is 0 Å². The Morgan fingerprint density at radius 2 is 1.80 bits per heavy atom. The van der Waals surface area contributed by atoms with Crippen molar-refractivity contribution in [3.63, 3.8) is 0 Å². The van der Waals surface area contributed by atoms with Gasteiger partial charge in [0.2, 0.25) is 0 Å². The third kappa shape index (κ3) is 2.77. The van der Waals surface area contributed by atoms with Crippen molar-refractivity contribution in [3.8, 4) is 11.4 Å². The van der Waals surface area contributed by atoms with Crippen molar-refractivity contribution < 1.29 is 13.9 Å². The van der Waals surface area contributed by atoms with Crippen LogP contribution in [0.3, 0.4) is 0 Å². The van der Waals surface area contributed by atoms with E-state index >= 15 is 0 Å². The van der Waals surface area contributed by atoms with Crippen LogP contribution in [0, 0.1) is 19.7 Å². The number of esters is 1. The zero-order valence-corrected chi connectivity index (χ0v) is 11.4. The Kier molecular flexibility index (Phi) is 3.70. The molecular weight excluding hydrogens is 261 g/mol. The first-order valence-corrected chi connectivity index (χ1v) is 6.06. The molecule has 1 aromatic carbocycles. The quantitative estimate of drug-likeness (QED) is 0.791. The number of pyridine rings is 1. The predicted molar refractivity (Wildman–Crippen MR) is 72.8 cm³/mol. The molecule has 4 nitrogen and oxygen atoms in total. The van der Waals surface area contributed by atoms with E-state index in [1.165, 1.54) is 42.0 Å². The van der Waals surface area contributed by atoms with Crippen molar-refractivity contribution in [2.45, 2.75) is 20.8 Å². The Labute approximate surface area is 115 Å². The molecule has 0 bridgehead atoms. The van der Waals surface area contributed by atoms with Gasteiger partial charge >= 0.3 is 5.97 Å². The first-order chi connectivity index (χ1) is 9.38. The van der Waals surface area contributed by atoms with Crippen LogP contribution in [0.2, 0.25) is 0 Å². The lowest BCUT2D eigenvalue weighted by Crippen LogP contribution is -2.19. The summed E-state index contributed by atoms with van der Waals surface area (Å²) in [5.41, 5.74) is 1.57. The monoisotopic (exact) mass is 275 g/mol. The van der Waals surface area contributed by atoms with Gasteiger partial charge in [-0.3, -0.25) is 14.2 Å². The highest BCUT2D eigenvalue weighted by atomic mass is 19.1. The summed E-state index contributed by atoms with van der Waals surface area (Å²) >= 11 is 0. The van der Waals surface area contributed by atoms with Crippen LogP contribution in [-0.4, -0.2) is 10.5 Å². The van der Waals surface area contributed by atoms with E-state index in [2.05, 4.69) is 0 Å². The number of benzene rings is 1. The fourth-order valence-corrected chi connectivity index (χ4v) is 2.15. The molecule has 20 heavy (non-hydrogen) atoms. The molecule has 2 aromatic rings. The lowest BCUT2D eigenvalue weighted by atomic mass is 10.1. The third-order valence-electron chi connectivity index (χ3n) is 2.84. The number of halogens is 1. The zero-order chi connectivity index (χ0) is 14.9. The van der Waals surface area contributed by atoms with Gasteiger partial charge in [-0.25, -0.2) is 4.39 Å². The summed E-state index contributed by atoms with van der Waals surface area (Å²) in [5.74, 6) is -0.559. The maximum atomic E-state index is 13.3. The summed E-state index contributed by atoms with van der Waals surface area (Å²) in [6.45, 7) is 4.72. The van der Waals surface area contributed by atoms with Gasteiger partial charge < -0.3 is 4.74 Å². The Morgan fingerprint density at radius 1 is 1.20 bits per heavy atom. The highest BCUT2D eigenvalue weighted by molar-refractivity contribution is 5.69.